The van der Waals surface area contributed by atoms with Crippen molar-refractivity contribution in [1.82, 2.24) is 10.2 Å². The Morgan fingerprint density at radius 3 is 2.21 bits per heavy atom. The minimum absolute atomic E-state index is 0.309. The van der Waals surface area contributed by atoms with Crippen molar-refractivity contribution in [3.8, 4) is 5.75 Å². The van der Waals surface area contributed by atoms with E-state index in [4.69, 9.17) is 4.74 Å². The fraction of sp³-hybridized carbons (Fsp3) is 0.318. The molecule has 6 nitrogen and oxygen atoms in total. The number of carbonyl (C=O) groups excluding carboxylic acids is 3. The molecule has 2 aromatic rings. The van der Waals surface area contributed by atoms with E-state index in [-0.39, 0.29) is 12.3 Å². The summed E-state index contributed by atoms with van der Waals surface area (Å²) in [7, 11) is 1.54. The first-order valence-corrected chi connectivity index (χ1v) is 9.18. The lowest BCUT2D eigenvalue weighted by Gasteiger charge is -2.22. The number of hydrogen-bond acceptors (Lipinski definition) is 4. The summed E-state index contributed by atoms with van der Waals surface area (Å²) < 4.78 is 5.08. The van der Waals surface area contributed by atoms with Crippen LogP contribution in [-0.2, 0) is 10.3 Å². The highest BCUT2D eigenvalue weighted by Gasteiger charge is 2.49. The van der Waals surface area contributed by atoms with Gasteiger partial charge in [-0.25, -0.2) is 4.79 Å². The van der Waals surface area contributed by atoms with Gasteiger partial charge in [0.25, 0.3) is 5.91 Å². The highest BCUT2D eigenvalue weighted by molar-refractivity contribution is 6.11. The van der Waals surface area contributed by atoms with E-state index in [0.717, 1.165) is 10.5 Å². The average molecular weight is 380 g/mol. The molecule has 1 aliphatic rings. The van der Waals surface area contributed by atoms with Crippen LogP contribution in [0.2, 0.25) is 0 Å². The second-order valence-electron chi connectivity index (χ2n) is 7.37. The van der Waals surface area contributed by atoms with Crippen LogP contribution in [0.1, 0.15) is 48.2 Å². The molecule has 0 spiro atoms. The van der Waals surface area contributed by atoms with Gasteiger partial charge in [0.2, 0.25) is 0 Å². The highest BCUT2D eigenvalue weighted by atomic mass is 16.5. The Bertz CT molecular complexity index is 903. The molecule has 3 amide bonds. The van der Waals surface area contributed by atoms with Crippen LogP contribution in [0.15, 0.2) is 48.5 Å². The summed E-state index contributed by atoms with van der Waals surface area (Å²) in [5.41, 5.74) is 1.06. The van der Waals surface area contributed by atoms with Crippen LogP contribution in [0.4, 0.5) is 4.79 Å². The van der Waals surface area contributed by atoms with E-state index in [1.807, 2.05) is 24.3 Å². The molecule has 6 heteroatoms. The van der Waals surface area contributed by atoms with Gasteiger partial charge in [-0.05, 0) is 48.2 Å². The maximum absolute atomic E-state index is 13.0. The van der Waals surface area contributed by atoms with Crippen LogP contribution in [0, 0.1) is 0 Å². The zero-order valence-electron chi connectivity index (χ0n) is 16.5. The van der Waals surface area contributed by atoms with Crippen LogP contribution in [0.3, 0.4) is 0 Å². The normalized spacial score (nSPS) is 19.1. The number of benzene rings is 2. The number of methoxy groups -OCH3 is 1. The molecule has 3 rings (SSSR count). The van der Waals surface area contributed by atoms with E-state index in [1.54, 1.807) is 38.3 Å². The van der Waals surface area contributed by atoms with Crippen molar-refractivity contribution in [1.29, 1.82) is 0 Å². The third kappa shape index (κ3) is 3.50. The van der Waals surface area contributed by atoms with Gasteiger partial charge in [0, 0.05) is 5.56 Å². The van der Waals surface area contributed by atoms with Crippen LogP contribution < -0.4 is 10.1 Å². The number of ether oxygens (including phenoxy) is 1. The van der Waals surface area contributed by atoms with Crippen molar-refractivity contribution >= 4 is 17.7 Å². The Hall–Kier alpha value is -3.15. The second-order valence-corrected chi connectivity index (χ2v) is 7.37. The van der Waals surface area contributed by atoms with Crippen LogP contribution >= 0.6 is 0 Å². The third-order valence-corrected chi connectivity index (χ3v) is 5.14. The molecular weight excluding hydrogens is 356 g/mol. The molecule has 1 fully saturated rings. The Morgan fingerprint density at radius 1 is 1.07 bits per heavy atom. The van der Waals surface area contributed by atoms with Gasteiger partial charge in [-0.3, -0.25) is 14.5 Å². The van der Waals surface area contributed by atoms with Crippen molar-refractivity contribution in [2.24, 2.45) is 0 Å². The monoisotopic (exact) mass is 380 g/mol. The Morgan fingerprint density at radius 2 is 1.68 bits per heavy atom. The number of carbonyl (C=O) groups is 3. The summed E-state index contributed by atoms with van der Waals surface area (Å²) in [6, 6.07) is 13.6. The largest absolute Gasteiger partial charge is 0.497 e. The van der Waals surface area contributed by atoms with Crippen LogP contribution in [-0.4, -0.2) is 36.3 Å². The van der Waals surface area contributed by atoms with Crippen molar-refractivity contribution in [3.63, 3.8) is 0 Å². The summed E-state index contributed by atoms with van der Waals surface area (Å²) >= 11 is 0. The smallest absolute Gasteiger partial charge is 0.325 e. The Labute approximate surface area is 164 Å². The number of imide groups is 1. The molecule has 28 heavy (non-hydrogen) atoms. The predicted molar refractivity (Wildman–Crippen MR) is 105 cm³/mol. The quantitative estimate of drug-likeness (QED) is 0.615. The van der Waals surface area contributed by atoms with E-state index in [9.17, 15) is 14.4 Å². The topological polar surface area (TPSA) is 75.7 Å². The van der Waals surface area contributed by atoms with E-state index in [1.165, 1.54) is 0 Å². The summed E-state index contributed by atoms with van der Waals surface area (Å²) in [6.45, 7) is 5.53. The molecule has 1 aliphatic heterocycles. The van der Waals surface area contributed by atoms with Gasteiger partial charge in [-0.2, -0.15) is 0 Å². The molecule has 0 aliphatic carbocycles. The third-order valence-electron chi connectivity index (χ3n) is 5.14. The van der Waals surface area contributed by atoms with Gasteiger partial charge < -0.3 is 10.1 Å². The first kappa shape index (κ1) is 19.6. The van der Waals surface area contributed by atoms with Crippen molar-refractivity contribution in [2.45, 2.75) is 32.2 Å². The van der Waals surface area contributed by atoms with E-state index in [0.29, 0.717) is 22.8 Å². The van der Waals surface area contributed by atoms with Crippen molar-refractivity contribution < 1.29 is 19.1 Å². The molecule has 1 saturated heterocycles. The SMILES string of the molecule is COc1ccc(C(=O)CN2C(=O)N[C@](C)(c3ccc(C(C)C)cc3)C2=O)cc1. The second kappa shape index (κ2) is 7.46. The molecule has 1 atom stereocenters. The zero-order chi connectivity index (χ0) is 20.5. The number of rotatable bonds is 6. The van der Waals surface area contributed by atoms with Gasteiger partial charge in [0.05, 0.1) is 13.7 Å². The standard InChI is InChI=1S/C22H24N2O4/c1-14(2)15-5-9-17(10-6-15)22(3)20(26)24(21(27)23-22)13-19(25)16-7-11-18(28-4)12-8-16/h5-12,14H,13H2,1-4H3,(H,23,27)/t22-/m1/s1. The molecule has 2 aromatic carbocycles. The summed E-state index contributed by atoms with van der Waals surface area (Å²) in [5.74, 6) is 0.250. The highest BCUT2D eigenvalue weighted by Crippen LogP contribution is 2.30. The molecule has 0 saturated carbocycles. The number of hydrogen-bond donors (Lipinski definition) is 1. The van der Waals surface area contributed by atoms with Gasteiger partial charge >= 0.3 is 6.03 Å². The van der Waals surface area contributed by atoms with Gasteiger partial charge in [0.1, 0.15) is 11.3 Å². The van der Waals surface area contributed by atoms with Gasteiger partial charge in [-0.1, -0.05) is 38.1 Å². The number of urea groups is 1. The predicted octanol–water partition coefficient (Wildman–Crippen LogP) is 3.47. The maximum Gasteiger partial charge on any atom is 0.325 e. The molecule has 1 heterocycles. The zero-order valence-corrected chi connectivity index (χ0v) is 16.5. The lowest BCUT2D eigenvalue weighted by molar-refractivity contribution is -0.130. The number of nitrogens with zero attached hydrogens (tertiary/aromatic N) is 1. The lowest BCUT2D eigenvalue weighted by atomic mass is 9.90. The van der Waals surface area contributed by atoms with Gasteiger partial charge in [-0.15, -0.1) is 0 Å². The Kier molecular flexibility index (Phi) is 5.23. The van der Waals surface area contributed by atoms with Crippen molar-refractivity contribution in [3.05, 3.63) is 65.2 Å². The molecule has 1 N–H and O–H groups in total. The summed E-state index contributed by atoms with van der Waals surface area (Å²) in [5, 5.41) is 2.74. The average Bonchev–Trinajstić information content (AvgIpc) is 2.92. The van der Waals surface area contributed by atoms with Crippen LogP contribution in [0.5, 0.6) is 5.75 Å². The van der Waals surface area contributed by atoms with E-state index < -0.39 is 17.5 Å². The fourth-order valence-corrected chi connectivity index (χ4v) is 3.25. The summed E-state index contributed by atoms with van der Waals surface area (Å²) in [4.78, 5) is 39.0. The first-order chi connectivity index (χ1) is 13.3. The molecule has 0 aromatic heterocycles. The number of ketones is 1. The molecule has 0 radical (unpaired) electrons. The van der Waals surface area contributed by atoms with Gasteiger partial charge in [0.15, 0.2) is 5.78 Å². The Balaban J connectivity index is 1.79. The molecule has 0 bridgehead atoms. The minimum atomic E-state index is -1.19. The summed E-state index contributed by atoms with van der Waals surface area (Å²) in [6.07, 6.45) is 0. The fourth-order valence-electron chi connectivity index (χ4n) is 3.25. The first-order valence-electron chi connectivity index (χ1n) is 9.18. The molecule has 146 valence electrons. The lowest BCUT2D eigenvalue weighted by Crippen LogP contribution is -2.41. The number of nitrogens with one attached hydrogen (secondary N) is 1. The van der Waals surface area contributed by atoms with E-state index in [2.05, 4.69) is 19.2 Å². The van der Waals surface area contributed by atoms with Crippen molar-refractivity contribution in [2.75, 3.05) is 13.7 Å². The molecule has 0 unspecified atom stereocenters. The molecular formula is C22H24N2O4. The maximum atomic E-state index is 13.0. The van der Waals surface area contributed by atoms with Crippen LogP contribution in [0.25, 0.3) is 0 Å². The minimum Gasteiger partial charge on any atom is -0.497 e. The van der Waals surface area contributed by atoms with E-state index >= 15 is 0 Å². The number of amides is 3. The number of Topliss-reactive ketones (excluding diaryl/α,β-unsaturated/α-hetero) is 1.